The molecule has 0 aliphatic rings. The van der Waals surface area contributed by atoms with Gasteiger partial charge in [-0.05, 0) is 12.1 Å². The molecule has 1 aromatic carbocycles. The van der Waals surface area contributed by atoms with E-state index in [9.17, 15) is 12.3 Å². The number of benzene rings is 1. The van der Waals surface area contributed by atoms with Crippen LogP contribution in [0.4, 0.5) is 3.89 Å². The van der Waals surface area contributed by atoms with Crippen molar-refractivity contribution in [1.29, 1.82) is 0 Å². The van der Waals surface area contributed by atoms with Gasteiger partial charge in [0.05, 0.1) is 0 Å². The van der Waals surface area contributed by atoms with Gasteiger partial charge in [-0.15, -0.1) is 3.89 Å². The maximum absolute atomic E-state index is 12.3. The van der Waals surface area contributed by atoms with Crippen molar-refractivity contribution in [3.63, 3.8) is 0 Å². The van der Waals surface area contributed by atoms with E-state index in [1.807, 2.05) is 0 Å². The van der Waals surface area contributed by atoms with Crippen molar-refractivity contribution in [2.24, 2.45) is 0 Å². The maximum Gasteiger partial charge on any atom is 0.332 e. The Morgan fingerprint density at radius 2 is 1.92 bits per heavy atom. The van der Waals surface area contributed by atoms with Crippen LogP contribution in [0.1, 0.15) is 0 Å². The average Bonchev–Trinajstić information content (AvgIpc) is 1.82. The van der Waals surface area contributed by atoms with Crippen molar-refractivity contribution in [3.8, 4) is 5.75 Å². The van der Waals surface area contributed by atoms with E-state index >= 15 is 0 Å². The predicted molar refractivity (Wildman–Crippen MR) is 44.1 cm³/mol. The van der Waals surface area contributed by atoms with E-state index in [0.717, 1.165) is 12.1 Å². The van der Waals surface area contributed by atoms with E-state index in [1.165, 1.54) is 6.07 Å². The van der Waals surface area contributed by atoms with Crippen molar-refractivity contribution in [3.05, 3.63) is 22.7 Å². The molecule has 0 spiro atoms. The summed E-state index contributed by atoms with van der Waals surface area (Å²) in [4.78, 5) is -0.561. The molecule has 6 heteroatoms. The molecule has 3 nitrogen and oxygen atoms in total. The molecular weight excluding hydrogens is 251 g/mol. The monoisotopic (exact) mass is 254 g/mol. The van der Waals surface area contributed by atoms with Gasteiger partial charge in [-0.25, -0.2) is 0 Å². The van der Waals surface area contributed by atoms with E-state index in [2.05, 4.69) is 15.9 Å². The van der Waals surface area contributed by atoms with Crippen LogP contribution in [0.15, 0.2) is 27.6 Å². The van der Waals surface area contributed by atoms with Crippen LogP contribution in [0.25, 0.3) is 0 Å². The second kappa shape index (κ2) is 3.02. The molecule has 0 amide bonds. The molecule has 0 saturated carbocycles. The highest BCUT2D eigenvalue weighted by Crippen LogP contribution is 2.24. The van der Waals surface area contributed by atoms with Crippen molar-refractivity contribution >= 4 is 26.2 Å². The second-order valence-electron chi connectivity index (χ2n) is 2.08. The van der Waals surface area contributed by atoms with Gasteiger partial charge < -0.3 is 5.11 Å². The number of halogens is 2. The molecule has 0 aliphatic heterocycles. The van der Waals surface area contributed by atoms with E-state index in [-0.39, 0.29) is 5.75 Å². The third-order valence-corrected chi connectivity index (χ3v) is 2.39. The Labute approximate surface area is 77.2 Å². The summed E-state index contributed by atoms with van der Waals surface area (Å²) >= 11 is 2.91. The Bertz CT molecular complexity index is 381. The molecular formula is C6H4BrFO3S. The fraction of sp³-hybridized carbons (Fsp3) is 0. The molecule has 0 saturated heterocycles. The summed E-state index contributed by atoms with van der Waals surface area (Å²) < 4.78 is 33.3. The lowest BCUT2D eigenvalue weighted by Crippen LogP contribution is -1.90. The minimum atomic E-state index is -4.74. The molecule has 0 heterocycles. The Kier molecular flexibility index (Phi) is 2.39. The van der Waals surface area contributed by atoms with E-state index in [4.69, 9.17) is 5.11 Å². The predicted octanol–water partition coefficient (Wildman–Crippen LogP) is 1.81. The quantitative estimate of drug-likeness (QED) is 0.778. The molecule has 0 radical (unpaired) electrons. The molecule has 0 fully saturated rings. The minimum absolute atomic E-state index is 0.304. The van der Waals surface area contributed by atoms with Gasteiger partial charge >= 0.3 is 10.2 Å². The molecule has 0 unspecified atom stereocenters. The summed E-state index contributed by atoms with van der Waals surface area (Å²) in [6, 6.07) is 3.16. The van der Waals surface area contributed by atoms with Gasteiger partial charge in [0.2, 0.25) is 0 Å². The highest BCUT2D eigenvalue weighted by atomic mass is 79.9. The van der Waals surface area contributed by atoms with Gasteiger partial charge in [-0.2, -0.15) is 8.42 Å². The molecule has 1 rings (SSSR count). The number of rotatable bonds is 1. The van der Waals surface area contributed by atoms with Gasteiger partial charge in [-0.1, -0.05) is 15.9 Å². The Morgan fingerprint density at radius 1 is 1.33 bits per heavy atom. The molecule has 0 bridgehead atoms. The third-order valence-electron chi connectivity index (χ3n) is 1.14. The van der Waals surface area contributed by atoms with Gasteiger partial charge in [0.25, 0.3) is 0 Å². The minimum Gasteiger partial charge on any atom is -0.508 e. The van der Waals surface area contributed by atoms with Crippen molar-refractivity contribution in [2.45, 2.75) is 4.90 Å². The lowest BCUT2D eigenvalue weighted by molar-refractivity contribution is 0.472. The molecule has 1 N–H and O–H groups in total. The van der Waals surface area contributed by atoms with Crippen molar-refractivity contribution in [1.82, 2.24) is 0 Å². The van der Waals surface area contributed by atoms with E-state index in [0.29, 0.717) is 4.47 Å². The van der Waals surface area contributed by atoms with Crippen molar-refractivity contribution in [2.75, 3.05) is 0 Å². The second-order valence-corrected chi connectivity index (χ2v) is 4.35. The van der Waals surface area contributed by atoms with Crippen molar-refractivity contribution < 1.29 is 17.4 Å². The smallest absolute Gasteiger partial charge is 0.332 e. The summed E-state index contributed by atoms with van der Waals surface area (Å²) in [6.45, 7) is 0. The number of hydrogen-bond acceptors (Lipinski definition) is 3. The Balaban J connectivity index is 3.37. The Morgan fingerprint density at radius 3 is 2.33 bits per heavy atom. The summed E-state index contributed by atoms with van der Waals surface area (Å²) in [6.07, 6.45) is 0. The zero-order chi connectivity index (χ0) is 9.35. The summed E-state index contributed by atoms with van der Waals surface area (Å²) in [5.74, 6) is -0.305. The molecule has 0 aliphatic carbocycles. The van der Waals surface area contributed by atoms with Gasteiger partial charge in [-0.3, -0.25) is 0 Å². The zero-order valence-corrected chi connectivity index (χ0v) is 8.06. The van der Waals surface area contributed by atoms with Gasteiger partial charge in [0.1, 0.15) is 10.6 Å². The number of phenolic OH excluding ortho intramolecular Hbond substituents is 1. The molecule has 12 heavy (non-hydrogen) atoms. The van der Waals surface area contributed by atoms with E-state index < -0.39 is 15.1 Å². The fourth-order valence-electron chi connectivity index (χ4n) is 0.689. The first-order valence-corrected chi connectivity index (χ1v) is 5.01. The van der Waals surface area contributed by atoms with Crippen LogP contribution < -0.4 is 0 Å². The topological polar surface area (TPSA) is 54.4 Å². The standard InChI is InChI=1S/C6H4BrFO3S/c7-4-1-5(9)3-6(2-4)12(8,10)11/h1-3,9H. The first-order valence-electron chi connectivity index (χ1n) is 2.84. The highest BCUT2D eigenvalue weighted by molar-refractivity contribution is 9.10. The first kappa shape index (κ1) is 9.47. The Hall–Kier alpha value is -0.620. The van der Waals surface area contributed by atoms with E-state index in [1.54, 1.807) is 0 Å². The van der Waals surface area contributed by atoms with Crippen LogP contribution in [0.5, 0.6) is 5.75 Å². The van der Waals surface area contributed by atoms with Crippen LogP contribution in [-0.2, 0) is 10.2 Å². The average molecular weight is 255 g/mol. The van der Waals surface area contributed by atoms with Crippen LogP contribution >= 0.6 is 15.9 Å². The lowest BCUT2D eigenvalue weighted by atomic mass is 10.3. The number of aromatic hydroxyl groups is 1. The van der Waals surface area contributed by atoms with Gasteiger partial charge in [0.15, 0.2) is 0 Å². The van der Waals surface area contributed by atoms with Crippen LogP contribution in [0, 0.1) is 0 Å². The highest BCUT2D eigenvalue weighted by Gasteiger charge is 2.13. The number of phenols is 1. The molecule has 0 aromatic heterocycles. The summed E-state index contributed by atoms with van der Waals surface area (Å²) in [5.41, 5.74) is 0. The normalized spacial score (nSPS) is 11.5. The first-order chi connectivity index (χ1) is 5.39. The van der Waals surface area contributed by atoms with Gasteiger partial charge in [0, 0.05) is 10.5 Å². The van der Waals surface area contributed by atoms with Crippen LogP contribution in [-0.4, -0.2) is 13.5 Å². The summed E-state index contributed by atoms with van der Waals surface area (Å²) in [7, 11) is -4.74. The fourth-order valence-corrected chi connectivity index (χ4v) is 1.85. The largest absolute Gasteiger partial charge is 0.508 e. The number of hydrogen-bond donors (Lipinski definition) is 1. The summed E-state index contributed by atoms with van der Waals surface area (Å²) in [5, 5.41) is 8.90. The SMILES string of the molecule is O=S(=O)(F)c1cc(O)cc(Br)c1. The lowest BCUT2D eigenvalue weighted by Gasteiger charge is -1.97. The molecule has 66 valence electrons. The third kappa shape index (κ3) is 2.18. The molecule has 1 aromatic rings. The zero-order valence-electron chi connectivity index (χ0n) is 5.66. The maximum atomic E-state index is 12.3. The van der Waals surface area contributed by atoms with Crippen LogP contribution in [0.3, 0.4) is 0 Å². The van der Waals surface area contributed by atoms with Crippen LogP contribution in [0.2, 0.25) is 0 Å². The molecule has 0 atom stereocenters.